The number of benzene rings is 1. The van der Waals surface area contributed by atoms with Gasteiger partial charge < -0.3 is 16.4 Å². The first-order valence-corrected chi connectivity index (χ1v) is 6.75. The summed E-state index contributed by atoms with van der Waals surface area (Å²) in [5.41, 5.74) is 6.55. The zero-order chi connectivity index (χ0) is 15.1. The summed E-state index contributed by atoms with van der Waals surface area (Å²) >= 11 is 4.86. The summed E-state index contributed by atoms with van der Waals surface area (Å²) < 4.78 is 0. The number of nitrogens with one attached hydrogen (secondary N) is 2. The monoisotopic (exact) mass is 293 g/mol. The van der Waals surface area contributed by atoms with Gasteiger partial charge in [-0.15, -0.1) is 0 Å². The summed E-state index contributed by atoms with van der Waals surface area (Å²) in [6.45, 7) is 4.54. The van der Waals surface area contributed by atoms with E-state index in [9.17, 15) is 9.59 Å². The topological polar surface area (TPSA) is 84.2 Å². The summed E-state index contributed by atoms with van der Waals surface area (Å²) in [4.78, 5) is 23.6. The maximum absolute atomic E-state index is 11.9. The third-order valence-electron chi connectivity index (χ3n) is 2.53. The average Bonchev–Trinajstić information content (AvgIpc) is 2.42. The van der Waals surface area contributed by atoms with Gasteiger partial charge in [0.05, 0.1) is 6.54 Å². The second-order valence-corrected chi connectivity index (χ2v) is 5.27. The van der Waals surface area contributed by atoms with E-state index in [1.165, 1.54) is 0 Å². The highest BCUT2D eigenvalue weighted by Gasteiger charge is 2.09. The minimum Gasteiger partial charge on any atom is -0.389 e. The molecule has 0 unspecified atom stereocenters. The van der Waals surface area contributed by atoms with Gasteiger partial charge in [0.2, 0.25) is 5.91 Å². The first kappa shape index (κ1) is 16.1. The molecule has 0 heterocycles. The van der Waals surface area contributed by atoms with E-state index in [0.29, 0.717) is 23.6 Å². The number of hydrogen-bond acceptors (Lipinski definition) is 3. The van der Waals surface area contributed by atoms with Gasteiger partial charge in [0.1, 0.15) is 4.99 Å². The Morgan fingerprint density at radius 3 is 2.50 bits per heavy atom. The molecule has 2 amide bonds. The molecule has 0 aliphatic carbocycles. The van der Waals surface area contributed by atoms with E-state index in [4.69, 9.17) is 18.0 Å². The van der Waals surface area contributed by atoms with Crippen LogP contribution in [0.1, 0.15) is 29.8 Å². The maximum Gasteiger partial charge on any atom is 0.251 e. The van der Waals surface area contributed by atoms with E-state index in [-0.39, 0.29) is 23.3 Å². The third kappa shape index (κ3) is 5.36. The van der Waals surface area contributed by atoms with Crippen LogP contribution in [0.25, 0.3) is 0 Å². The van der Waals surface area contributed by atoms with Crippen LogP contribution < -0.4 is 16.4 Å². The van der Waals surface area contributed by atoms with Crippen molar-refractivity contribution in [1.29, 1.82) is 0 Å². The lowest BCUT2D eigenvalue weighted by atomic mass is 10.1. The van der Waals surface area contributed by atoms with Gasteiger partial charge in [-0.25, -0.2) is 0 Å². The van der Waals surface area contributed by atoms with Crippen molar-refractivity contribution in [3.05, 3.63) is 35.4 Å². The summed E-state index contributed by atoms with van der Waals surface area (Å²) in [6.07, 6.45) is 0. The van der Waals surface area contributed by atoms with Crippen molar-refractivity contribution in [2.75, 3.05) is 13.1 Å². The van der Waals surface area contributed by atoms with Gasteiger partial charge in [0.25, 0.3) is 5.91 Å². The number of carbonyl (C=O) groups is 2. The van der Waals surface area contributed by atoms with E-state index >= 15 is 0 Å². The van der Waals surface area contributed by atoms with Gasteiger partial charge in [0.15, 0.2) is 0 Å². The molecule has 1 aromatic carbocycles. The predicted molar refractivity (Wildman–Crippen MR) is 82.5 cm³/mol. The normalized spacial score (nSPS) is 10.2. The molecule has 0 aromatic heterocycles. The summed E-state index contributed by atoms with van der Waals surface area (Å²) in [6, 6.07) is 6.67. The van der Waals surface area contributed by atoms with E-state index < -0.39 is 0 Å². The molecule has 0 fully saturated rings. The smallest absolute Gasteiger partial charge is 0.251 e. The predicted octanol–water partition coefficient (Wildman–Crippen LogP) is 0.823. The van der Waals surface area contributed by atoms with Gasteiger partial charge in [-0.3, -0.25) is 9.59 Å². The van der Waals surface area contributed by atoms with Crippen LogP contribution in [0, 0.1) is 5.92 Å². The molecular formula is C14H19N3O2S. The van der Waals surface area contributed by atoms with Crippen molar-refractivity contribution in [2.45, 2.75) is 13.8 Å². The van der Waals surface area contributed by atoms with Crippen molar-refractivity contribution < 1.29 is 9.59 Å². The van der Waals surface area contributed by atoms with Crippen LogP contribution in [-0.2, 0) is 4.79 Å². The zero-order valence-electron chi connectivity index (χ0n) is 11.6. The minimum absolute atomic E-state index is 0.0527. The SMILES string of the molecule is CC(C)CNC(=O)CNC(=O)c1cccc(C(N)=S)c1. The lowest BCUT2D eigenvalue weighted by Crippen LogP contribution is -2.38. The molecular weight excluding hydrogens is 274 g/mol. The Balaban J connectivity index is 2.53. The lowest BCUT2D eigenvalue weighted by Gasteiger charge is -2.09. The molecule has 6 heteroatoms. The molecule has 4 N–H and O–H groups in total. The molecule has 0 saturated carbocycles. The zero-order valence-corrected chi connectivity index (χ0v) is 12.4. The van der Waals surface area contributed by atoms with Gasteiger partial charge >= 0.3 is 0 Å². The minimum atomic E-state index is -0.331. The van der Waals surface area contributed by atoms with Crippen molar-refractivity contribution in [1.82, 2.24) is 10.6 Å². The molecule has 0 radical (unpaired) electrons. The number of carbonyl (C=O) groups excluding carboxylic acids is 2. The van der Waals surface area contributed by atoms with E-state index in [1.807, 2.05) is 13.8 Å². The highest BCUT2D eigenvalue weighted by atomic mass is 32.1. The molecule has 0 bridgehead atoms. The second kappa shape index (κ2) is 7.59. The fourth-order valence-corrected chi connectivity index (χ4v) is 1.58. The van der Waals surface area contributed by atoms with Crippen LogP contribution in [-0.4, -0.2) is 29.9 Å². The van der Waals surface area contributed by atoms with Gasteiger partial charge in [-0.1, -0.05) is 38.2 Å². The Morgan fingerprint density at radius 2 is 1.90 bits per heavy atom. The van der Waals surface area contributed by atoms with E-state index in [0.717, 1.165) is 0 Å². The highest BCUT2D eigenvalue weighted by Crippen LogP contribution is 2.05. The molecule has 0 atom stereocenters. The number of thiocarbonyl (C=S) groups is 1. The molecule has 5 nitrogen and oxygen atoms in total. The highest BCUT2D eigenvalue weighted by molar-refractivity contribution is 7.80. The first-order valence-electron chi connectivity index (χ1n) is 6.35. The number of rotatable bonds is 6. The molecule has 0 aliphatic rings. The molecule has 20 heavy (non-hydrogen) atoms. The Bertz CT molecular complexity index is 515. The van der Waals surface area contributed by atoms with Crippen LogP contribution in [0.3, 0.4) is 0 Å². The van der Waals surface area contributed by atoms with Crippen LogP contribution in [0.15, 0.2) is 24.3 Å². The first-order chi connectivity index (χ1) is 9.40. The Kier molecular flexibility index (Phi) is 6.11. The summed E-state index contributed by atoms with van der Waals surface area (Å²) in [5.74, 6) is -0.169. The van der Waals surface area contributed by atoms with Crippen LogP contribution in [0.5, 0.6) is 0 Å². The van der Waals surface area contributed by atoms with Crippen molar-refractivity contribution in [2.24, 2.45) is 11.7 Å². The second-order valence-electron chi connectivity index (χ2n) is 4.83. The summed E-state index contributed by atoms with van der Waals surface area (Å²) in [5, 5.41) is 5.28. The quantitative estimate of drug-likeness (QED) is 0.678. The molecule has 1 aromatic rings. The van der Waals surface area contributed by atoms with Crippen LogP contribution >= 0.6 is 12.2 Å². The molecule has 1 rings (SSSR count). The van der Waals surface area contributed by atoms with E-state index in [1.54, 1.807) is 24.3 Å². The molecule has 0 aliphatic heterocycles. The fourth-order valence-electron chi connectivity index (χ4n) is 1.46. The molecule has 0 saturated heterocycles. The third-order valence-corrected chi connectivity index (χ3v) is 2.76. The maximum atomic E-state index is 11.9. The standard InChI is InChI=1S/C14H19N3O2S/c1-9(2)7-16-12(18)8-17-14(19)11-5-3-4-10(6-11)13(15)20/h3-6,9H,7-8H2,1-2H3,(H2,15,20)(H,16,18)(H,17,19). The number of hydrogen-bond donors (Lipinski definition) is 3. The lowest BCUT2D eigenvalue weighted by molar-refractivity contribution is -0.120. The number of amides is 2. The Morgan fingerprint density at radius 1 is 1.25 bits per heavy atom. The Hall–Kier alpha value is -1.95. The molecule has 0 spiro atoms. The largest absolute Gasteiger partial charge is 0.389 e. The van der Waals surface area contributed by atoms with Crippen molar-refractivity contribution in [3.8, 4) is 0 Å². The van der Waals surface area contributed by atoms with Gasteiger partial charge in [0, 0.05) is 17.7 Å². The molecule has 108 valence electrons. The Labute approximate surface area is 123 Å². The fraction of sp³-hybridized carbons (Fsp3) is 0.357. The van der Waals surface area contributed by atoms with Gasteiger partial charge in [-0.05, 0) is 18.1 Å². The van der Waals surface area contributed by atoms with Crippen molar-refractivity contribution in [3.63, 3.8) is 0 Å². The van der Waals surface area contributed by atoms with E-state index in [2.05, 4.69) is 10.6 Å². The average molecular weight is 293 g/mol. The van der Waals surface area contributed by atoms with Crippen molar-refractivity contribution >= 4 is 29.0 Å². The number of nitrogens with two attached hydrogens (primary N) is 1. The van der Waals surface area contributed by atoms with Crippen LogP contribution in [0.2, 0.25) is 0 Å². The van der Waals surface area contributed by atoms with Gasteiger partial charge in [-0.2, -0.15) is 0 Å². The summed E-state index contributed by atoms with van der Waals surface area (Å²) in [7, 11) is 0. The van der Waals surface area contributed by atoms with Crippen LogP contribution in [0.4, 0.5) is 0 Å².